The molecular formula is C22H23NO5. The van der Waals surface area contributed by atoms with Crippen molar-refractivity contribution in [2.75, 3.05) is 4.90 Å². The fourth-order valence-corrected chi connectivity index (χ4v) is 2.66. The van der Waals surface area contributed by atoms with Crippen molar-refractivity contribution >= 4 is 23.5 Å². The van der Waals surface area contributed by atoms with E-state index >= 15 is 0 Å². The second kappa shape index (κ2) is 9.50. The average Bonchev–Trinajstić information content (AvgIpc) is 2.69. The van der Waals surface area contributed by atoms with Crippen molar-refractivity contribution in [1.82, 2.24) is 0 Å². The Labute approximate surface area is 164 Å². The van der Waals surface area contributed by atoms with Crippen molar-refractivity contribution in [2.24, 2.45) is 0 Å². The maximum absolute atomic E-state index is 12.8. The molecule has 0 saturated heterocycles. The summed E-state index contributed by atoms with van der Waals surface area (Å²) in [5.74, 6) is -2.31. The highest BCUT2D eigenvalue weighted by molar-refractivity contribution is 6.13. The van der Waals surface area contributed by atoms with E-state index in [-0.39, 0.29) is 11.8 Å². The molecule has 1 amide bonds. The number of hydrogen-bond donors (Lipinski definition) is 1. The Morgan fingerprint density at radius 2 is 1.64 bits per heavy atom. The maximum Gasteiger partial charge on any atom is 0.352 e. The SMILES string of the molecule is C=C(C(=O)O)N(C(=O)c1ccccc1)c1ccc(C(=O)OC(C)CCC)cc1. The molecule has 1 unspecified atom stereocenters. The molecule has 146 valence electrons. The second-order valence-electron chi connectivity index (χ2n) is 6.31. The Kier molecular flexibility index (Phi) is 7.09. The summed E-state index contributed by atoms with van der Waals surface area (Å²) < 4.78 is 5.35. The topological polar surface area (TPSA) is 83.9 Å². The fourth-order valence-electron chi connectivity index (χ4n) is 2.66. The standard InChI is InChI=1S/C22H23NO5/c1-4-8-15(2)28-22(27)18-11-13-19(14-12-18)23(16(3)21(25)26)20(24)17-9-6-5-7-10-17/h5-7,9-15H,3-4,8H2,1-2H3,(H,25,26). The molecule has 0 aliphatic carbocycles. The lowest BCUT2D eigenvalue weighted by Crippen LogP contribution is -2.33. The summed E-state index contributed by atoms with van der Waals surface area (Å²) in [7, 11) is 0. The largest absolute Gasteiger partial charge is 0.477 e. The van der Waals surface area contributed by atoms with Crippen molar-refractivity contribution in [3.8, 4) is 0 Å². The Morgan fingerprint density at radius 1 is 1.04 bits per heavy atom. The Balaban J connectivity index is 2.29. The molecule has 2 aromatic carbocycles. The molecule has 0 saturated carbocycles. The molecule has 2 aromatic rings. The van der Waals surface area contributed by atoms with Gasteiger partial charge in [-0.15, -0.1) is 0 Å². The van der Waals surface area contributed by atoms with E-state index in [1.165, 1.54) is 24.3 Å². The summed E-state index contributed by atoms with van der Waals surface area (Å²) in [5.41, 5.74) is 0.543. The third-order valence-electron chi connectivity index (χ3n) is 4.11. The number of esters is 1. The summed E-state index contributed by atoms with van der Waals surface area (Å²) in [6, 6.07) is 14.3. The van der Waals surface area contributed by atoms with Gasteiger partial charge in [0.25, 0.3) is 5.91 Å². The first-order chi connectivity index (χ1) is 13.3. The predicted octanol–water partition coefficient (Wildman–Crippen LogP) is 4.28. The minimum absolute atomic E-state index is 0.194. The predicted molar refractivity (Wildman–Crippen MR) is 106 cm³/mol. The van der Waals surface area contributed by atoms with Gasteiger partial charge in [0.2, 0.25) is 0 Å². The summed E-state index contributed by atoms with van der Waals surface area (Å²) in [6.45, 7) is 7.34. The number of hydrogen-bond acceptors (Lipinski definition) is 4. The summed E-state index contributed by atoms with van der Waals surface area (Å²) >= 11 is 0. The molecule has 0 spiro atoms. The van der Waals surface area contributed by atoms with Crippen molar-refractivity contribution in [3.05, 3.63) is 78.0 Å². The molecule has 0 aliphatic rings. The van der Waals surface area contributed by atoms with Gasteiger partial charge in [0.1, 0.15) is 5.70 Å². The van der Waals surface area contributed by atoms with Crippen LogP contribution in [0.25, 0.3) is 0 Å². The van der Waals surface area contributed by atoms with Gasteiger partial charge in [0.15, 0.2) is 0 Å². The van der Waals surface area contributed by atoms with Crippen molar-refractivity contribution in [1.29, 1.82) is 0 Å². The summed E-state index contributed by atoms with van der Waals surface area (Å²) in [4.78, 5) is 37.5. The van der Waals surface area contributed by atoms with Crippen LogP contribution in [0.2, 0.25) is 0 Å². The van der Waals surface area contributed by atoms with E-state index in [2.05, 4.69) is 6.58 Å². The van der Waals surface area contributed by atoms with Gasteiger partial charge in [-0.2, -0.15) is 0 Å². The molecular weight excluding hydrogens is 358 g/mol. The van der Waals surface area contributed by atoms with Gasteiger partial charge in [-0.3, -0.25) is 9.69 Å². The monoisotopic (exact) mass is 381 g/mol. The fraction of sp³-hybridized carbons (Fsp3) is 0.227. The zero-order valence-electron chi connectivity index (χ0n) is 15.9. The molecule has 0 aromatic heterocycles. The minimum atomic E-state index is -1.32. The lowest BCUT2D eigenvalue weighted by molar-refractivity contribution is -0.132. The van der Waals surface area contributed by atoms with Crippen LogP contribution in [0.15, 0.2) is 66.9 Å². The number of carbonyl (C=O) groups excluding carboxylic acids is 2. The van der Waals surface area contributed by atoms with Crippen molar-refractivity contribution in [2.45, 2.75) is 32.8 Å². The number of ether oxygens (including phenoxy) is 1. The Bertz CT molecular complexity index is 858. The number of carboxylic acid groups (broad SMARTS) is 1. The van der Waals surface area contributed by atoms with E-state index in [0.717, 1.165) is 17.7 Å². The molecule has 0 aliphatic heterocycles. The van der Waals surface area contributed by atoms with E-state index in [4.69, 9.17) is 4.74 Å². The molecule has 0 fully saturated rings. The molecule has 2 rings (SSSR count). The normalized spacial score (nSPS) is 11.4. The summed E-state index contributed by atoms with van der Waals surface area (Å²) in [5, 5.41) is 9.33. The van der Waals surface area contributed by atoms with Gasteiger partial charge >= 0.3 is 11.9 Å². The average molecular weight is 381 g/mol. The number of anilines is 1. The van der Waals surface area contributed by atoms with Crippen LogP contribution < -0.4 is 4.90 Å². The Morgan fingerprint density at radius 3 is 2.18 bits per heavy atom. The highest BCUT2D eigenvalue weighted by Crippen LogP contribution is 2.23. The number of benzene rings is 2. The van der Waals surface area contributed by atoms with Gasteiger partial charge in [-0.05, 0) is 49.7 Å². The molecule has 0 heterocycles. The first kappa shape index (κ1) is 20.9. The summed E-state index contributed by atoms with van der Waals surface area (Å²) in [6.07, 6.45) is 1.48. The van der Waals surface area contributed by atoms with E-state index in [0.29, 0.717) is 16.8 Å². The highest BCUT2D eigenvalue weighted by Gasteiger charge is 2.25. The van der Waals surface area contributed by atoms with Crippen molar-refractivity contribution in [3.63, 3.8) is 0 Å². The quantitative estimate of drug-likeness (QED) is 0.545. The van der Waals surface area contributed by atoms with Crippen LogP contribution >= 0.6 is 0 Å². The van der Waals surface area contributed by atoms with Crippen LogP contribution in [0.5, 0.6) is 0 Å². The minimum Gasteiger partial charge on any atom is -0.477 e. The van der Waals surface area contributed by atoms with Crippen LogP contribution in [0.1, 0.15) is 47.4 Å². The van der Waals surface area contributed by atoms with E-state index in [1.807, 2.05) is 13.8 Å². The second-order valence-corrected chi connectivity index (χ2v) is 6.31. The number of rotatable bonds is 8. The number of aliphatic carboxylic acids is 1. The molecule has 0 radical (unpaired) electrons. The van der Waals surface area contributed by atoms with Crippen LogP contribution in [0, 0.1) is 0 Å². The molecule has 6 nitrogen and oxygen atoms in total. The zero-order valence-corrected chi connectivity index (χ0v) is 15.9. The third-order valence-corrected chi connectivity index (χ3v) is 4.11. The molecule has 28 heavy (non-hydrogen) atoms. The van der Waals surface area contributed by atoms with Gasteiger partial charge in [0.05, 0.1) is 11.7 Å². The van der Waals surface area contributed by atoms with E-state index in [9.17, 15) is 19.5 Å². The molecule has 0 bridgehead atoms. The number of amides is 1. The Hall–Kier alpha value is -3.41. The van der Waals surface area contributed by atoms with E-state index in [1.54, 1.807) is 30.3 Å². The number of carbonyl (C=O) groups is 3. The smallest absolute Gasteiger partial charge is 0.352 e. The van der Waals surface area contributed by atoms with Gasteiger partial charge in [-0.25, -0.2) is 9.59 Å². The van der Waals surface area contributed by atoms with Gasteiger partial charge < -0.3 is 9.84 Å². The van der Waals surface area contributed by atoms with Gasteiger partial charge in [-0.1, -0.05) is 38.1 Å². The lowest BCUT2D eigenvalue weighted by Gasteiger charge is -2.23. The van der Waals surface area contributed by atoms with Gasteiger partial charge in [0, 0.05) is 11.3 Å². The van der Waals surface area contributed by atoms with Crippen LogP contribution in [-0.4, -0.2) is 29.1 Å². The zero-order chi connectivity index (χ0) is 20.7. The number of nitrogens with zero attached hydrogens (tertiary/aromatic N) is 1. The highest BCUT2D eigenvalue weighted by atomic mass is 16.5. The maximum atomic E-state index is 12.8. The third kappa shape index (κ3) is 5.07. The van der Waals surface area contributed by atoms with Crippen LogP contribution in [0.4, 0.5) is 5.69 Å². The first-order valence-corrected chi connectivity index (χ1v) is 8.97. The number of carboxylic acids is 1. The first-order valence-electron chi connectivity index (χ1n) is 8.97. The molecule has 6 heteroatoms. The lowest BCUT2D eigenvalue weighted by atomic mass is 10.1. The van der Waals surface area contributed by atoms with Crippen LogP contribution in [0.3, 0.4) is 0 Å². The molecule has 1 atom stereocenters. The van der Waals surface area contributed by atoms with Crippen LogP contribution in [-0.2, 0) is 9.53 Å². The van der Waals surface area contributed by atoms with E-state index < -0.39 is 17.8 Å². The van der Waals surface area contributed by atoms with Crippen molar-refractivity contribution < 1.29 is 24.2 Å². The molecule has 1 N–H and O–H groups in total.